The van der Waals surface area contributed by atoms with Crippen molar-refractivity contribution in [1.82, 2.24) is 14.5 Å². The largest absolute Gasteiger partial charge is 0.482 e. The van der Waals surface area contributed by atoms with Gasteiger partial charge in [0.1, 0.15) is 11.6 Å². The molecule has 1 aromatic heterocycles. The van der Waals surface area contributed by atoms with Crippen LogP contribution in [-0.4, -0.2) is 46.2 Å². The summed E-state index contributed by atoms with van der Waals surface area (Å²) < 4.78 is 8.07. The zero-order valence-electron chi connectivity index (χ0n) is 30.5. The number of aliphatic carboxylic acids is 1. The van der Waals surface area contributed by atoms with Gasteiger partial charge in [-0.15, -0.1) is 0 Å². The van der Waals surface area contributed by atoms with E-state index in [-0.39, 0.29) is 17.4 Å². The third kappa shape index (κ3) is 6.46. The summed E-state index contributed by atoms with van der Waals surface area (Å²) >= 11 is 0. The van der Waals surface area contributed by atoms with Gasteiger partial charge >= 0.3 is 5.97 Å². The van der Waals surface area contributed by atoms with Crippen molar-refractivity contribution in [2.75, 3.05) is 20.7 Å². The smallest absolute Gasteiger partial charge is 0.341 e. The van der Waals surface area contributed by atoms with Crippen molar-refractivity contribution in [3.63, 3.8) is 0 Å². The zero-order valence-corrected chi connectivity index (χ0v) is 30.5. The molecule has 4 aromatic carbocycles. The first-order valence-electron chi connectivity index (χ1n) is 18.3. The maximum Gasteiger partial charge on any atom is 0.341 e. The first-order chi connectivity index (χ1) is 23.9. The van der Waals surface area contributed by atoms with E-state index in [2.05, 4.69) is 118 Å². The Labute approximate surface area is 297 Å². The number of carboxylic acid groups (broad SMARTS) is 1. The van der Waals surface area contributed by atoms with Crippen LogP contribution in [-0.2, 0) is 29.7 Å². The second-order valence-electron chi connectivity index (χ2n) is 16.0. The molecule has 0 spiro atoms. The van der Waals surface area contributed by atoms with Gasteiger partial charge in [-0.1, -0.05) is 94.8 Å². The van der Waals surface area contributed by atoms with Crippen LogP contribution in [0.25, 0.3) is 33.5 Å². The lowest BCUT2D eigenvalue weighted by Gasteiger charge is -2.56. The number of aromatic nitrogens is 2. The van der Waals surface area contributed by atoms with Crippen LogP contribution in [0.3, 0.4) is 0 Å². The number of nitrogens with zero attached hydrogens (tertiary/aromatic N) is 3. The lowest BCUT2D eigenvalue weighted by molar-refractivity contribution is -0.139. The second-order valence-corrected chi connectivity index (χ2v) is 16.0. The van der Waals surface area contributed by atoms with Crippen LogP contribution < -0.4 is 4.74 Å². The fourth-order valence-corrected chi connectivity index (χ4v) is 9.28. The lowest BCUT2D eigenvalue weighted by Crippen LogP contribution is -2.50. The molecule has 1 saturated carbocycles. The molecule has 1 N–H and O–H groups in total. The summed E-state index contributed by atoms with van der Waals surface area (Å²) in [4.78, 5) is 18.8. The van der Waals surface area contributed by atoms with Gasteiger partial charge in [0.05, 0.1) is 11.0 Å². The van der Waals surface area contributed by atoms with Gasteiger partial charge < -0.3 is 19.3 Å². The molecule has 6 heteroatoms. The number of imidazole rings is 1. The number of carbonyl (C=O) groups is 1. The number of aryl methyl sites for hydroxylation is 1. The summed E-state index contributed by atoms with van der Waals surface area (Å²) in [5, 5.41) is 9.26. The molecule has 50 heavy (non-hydrogen) atoms. The molecule has 2 aliphatic carbocycles. The number of hydrogen-bond donors (Lipinski definition) is 1. The molecule has 3 atom stereocenters. The van der Waals surface area contributed by atoms with E-state index in [0.717, 1.165) is 47.5 Å². The van der Waals surface area contributed by atoms with Crippen molar-refractivity contribution in [3.8, 4) is 28.3 Å². The summed E-state index contributed by atoms with van der Waals surface area (Å²) in [6.45, 7) is 11.0. The van der Waals surface area contributed by atoms with Gasteiger partial charge in [0.25, 0.3) is 0 Å². The van der Waals surface area contributed by atoms with E-state index in [4.69, 9.17) is 9.72 Å². The molecule has 0 saturated heterocycles. The molecular formula is C44H51N3O3. The topological polar surface area (TPSA) is 67.6 Å². The van der Waals surface area contributed by atoms with Crippen molar-refractivity contribution in [3.05, 3.63) is 107 Å². The SMILES string of the molecule is CC(C)c1ccc2c(c1)CC[C@H]1[C@@](C)(Cn3c(-c4cccc(OCC(=O)O)c4)nc4cc(-c5ccc(CN(C)C)cc5)ccc43)CCC[C@]21C. The van der Waals surface area contributed by atoms with Crippen LogP contribution >= 0.6 is 0 Å². The Morgan fingerprint density at radius 2 is 1.74 bits per heavy atom. The van der Waals surface area contributed by atoms with Gasteiger partial charge in [0.15, 0.2) is 6.61 Å². The summed E-state index contributed by atoms with van der Waals surface area (Å²) in [6.07, 6.45) is 5.91. The molecule has 5 aromatic rings. The Morgan fingerprint density at radius 1 is 0.960 bits per heavy atom. The van der Waals surface area contributed by atoms with Crippen molar-refractivity contribution in [1.29, 1.82) is 0 Å². The molecule has 2 aliphatic rings. The van der Waals surface area contributed by atoms with Gasteiger partial charge in [-0.3, -0.25) is 0 Å². The minimum atomic E-state index is -0.993. The van der Waals surface area contributed by atoms with Gasteiger partial charge in [-0.05, 0) is 120 Å². The van der Waals surface area contributed by atoms with Crippen LogP contribution in [0.5, 0.6) is 5.75 Å². The monoisotopic (exact) mass is 669 g/mol. The van der Waals surface area contributed by atoms with E-state index in [1.807, 2.05) is 18.2 Å². The molecule has 7 rings (SSSR count). The number of hydrogen-bond acceptors (Lipinski definition) is 4. The van der Waals surface area contributed by atoms with E-state index in [1.54, 1.807) is 11.1 Å². The third-order valence-corrected chi connectivity index (χ3v) is 11.7. The average molecular weight is 670 g/mol. The Kier molecular flexibility index (Phi) is 9.10. The van der Waals surface area contributed by atoms with E-state index in [0.29, 0.717) is 17.6 Å². The number of ether oxygens (including phenoxy) is 1. The molecule has 1 heterocycles. The van der Waals surface area contributed by atoms with Crippen LogP contribution in [0.2, 0.25) is 0 Å². The molecule has 1 fully saturated rings. The van der Waals surface area contributed by atoms with Gasteiger partial charge in [-0.25, -0.2) is 9.78 Å². The maximum absolute atomic E-state index is 11.3. The fourth-order valence-electron chi connectivity index (χ4n) is 9.28. The highest BCUT2D eigenvalue weighted by Crippen LogP contribution is 2.58. The van der Waals surface area contributed by atoms with Crippen molar-refractivity contribution >= 4 is 17.0 Å². The van der Waals surface area contributed by atoms with Crippen LogP contribution in [0.1, 0.15) is 81.5 Å². The molecule has 0 aliphatic heterocycles. The normalized spacial score (nSPS) is 21.7. The molecular weight excluding hydrogens is 619 g/mol. The Bertz CT molecular complexity index is 2030. The Morgan fingerprint density at radius 3 is 2.48 bits per heavy atom. The molecule has 0 bridgehead atoms. The molecule has 0 unspecified atom stereocenters. The van der Waals surface area contributed by atoms with Gasteiger partial charge in [0.2, 0.25) is 0 Å². The zero-order chi connectivity index (χ0) is 35.2. The predicted molar refractivity (Wildman–Crippen MR) is 203 cm³/mol. The highest BCUT2D eigenvalue weighted by molar-refractivity contribution is 5.86. The summed E-state index contributed by atoms with van der Waals surface area (Å²) in [7, 11) is 4.18. The molecule has 6 nitrogen and oxygen atoms in total. The first-order valence-corrected chi connectivity index (χ1v) is 18.3. The van der Waals surface area contributed by atoms with E-state index in [1.165, 1.54) is 42.4 Å². The van der Waals surface area contributed by atoms with Gasteiger partial charge in [-0.2, -0.15) is 0 Å². The highest BCUT2D eigenvalue weighted by atomic mass is 16.5. The van der Waals surface area contributed by atoms with Gasteiger partial charge in [0, 0.05) is 18.7 Å². The summed E-state index contributed by atoms with van der Waals surface area (Å²) in [5.74, 6) is 1.50. The van der Waals surface area contributed by atoms with Crippen LogP contribution in [0, 0.1) is 11.3 Å². The van der Waals surface area contributed by atoms with Crippen molar-refractivity contribution in [2.45, 2.75) is 84.2 Å². The minimum Gasteiger partial charge on any atom is -0.482 e. The lowest BCUT2D eigenvalue weighted by atomic mass is 9.49. The molecule has 0 amide bonds. The second kappa shape index (κ2) is 13.4. The Balaban J connectivity index is 1.30. The molecule has 0 radical (unpaired) electrons. The average Bonchev–Trinajstić information content (AvgIpc) is 3.44. The predicted octanol–water partition coefficient (Wildman–Crippen LogP) is 9.73. The molecule has 260 valence electrons. The maximum atomic E-state index is 11.3. The number of fused-ring (bicyclic) bond motifs is 4. The van der Waals surface area contributed by atoms with E-state index < -0.39 is 5.97 Å². The van der Waals surface area contributed by atoms with Crippen LogP contribution in [0.4, 0.5) is 0 Å². The number of rotatable bonds is 10. The highest BCUT2D eigenvalue weighted by Gasteiger charge is 2.52. The van der Waals surface area contributed by atoms with E-state index >= 15 is 0 Å². The van der Waals surface area contributed by atoms with Crippen molar-refractivity contribution < 1.29 is 14.6 Å². The van der Waals surface area contributed by atoms with Crippen molar-refractivity contribution in [2.24, 2.45) is 11.3 Å². The fraction of sp³-hybridized carbons (Fsp3) is 0.409. The summed E-state index contributed by atoms with van der Waals surface area (Å²) in [5.41, 5.74) is 11.3. The quantitative estimate of drug-likeness (QED) is 0.160. The Hall–Kier alpha value is -4.42. The number of benzene rings is 4. The third-order valence-electron chi connectivity index (χ3n) is 11.7. The van der Waals surface area contributed by atoms with Crippen LogP contribution in [0.15, 0.2) is 84.9 Å². The first kappa shape index (κ1) is 34.0. The van der Waals surface area contributed by atoms with E-state index in [9.17, 15) is 9.90 Å². The number of carboxylic acids is 1. The minimum absolute atomic E-state index is 0.0577. The summed E-state index contributed by atoms with van der Waals surface area (Å²) in [6, 6.07) is 30.6. The standard InChI is InChI=1S/C44H51N3O3/c1-29(2)32-15-18-37-34(23-32)17-20-40-43(3,21-8-22-44(37,40)4)28-47-39-19-16-33(31-13-11-30(12-14-31)26-46(5)6)25-38(39)45-42(47)35-9-7-10-36(24-35)50-27-41(48)49/h7,9-16,18-19,23-25,29,40H,8,17,20-22,26-28H2,1-6H3,(H,48,49)/t40-,43+,44+/m0/s1.